The number of carbonyl (C=O) groups is 1. The summed E-state index contributed by atoms with van der Waals surface area (Å²) in [5.41, 5.74) is 1.27. The second-order valence-electron chi connectivity index (χ2n) is 6.90. The van der Waals surface area contributed by atoms with Crippen LogP contribution in [0.5, 0.6) is 0 Å². The van der Waals surface area contributed by atoms with E-state index >= 15 is 0 Å². The number of halogens is 1. The number of nitrogens with one attached hydrogen (secondary N) is 1. The van der Waals surface area contributed by atoms with Crippen LogP contribution in [0.25, 0.3) is 11.0 Å². The van der Waals surface area contributed by atoms with Crippen LogP contribution in [0.4, 0.5) is 0 Å². The molecule has 0 radical (unpaired) electrons. The van der Waals surface area contributed by atoms with Crippen molar-refractivity contribution in [2.24, 2.45) is 0 Å². The number of carbonyl (C=O) groups excluding carboxylic acids is 1. The van der Waals surface area contributed by atoms with Crippen molar-refractivity contribution in [2.75, 3.05) is 19.7 Å². The zero-order chi connectivity index (χ0) is 20.5. The van der Waals surface area contributed by atoms with Gasteiger partial charge < -0.3 is 19.2 Å². The van der Waals surface area contributed by atoms with Gasteiger partial charge in [-0.05, 0) is 42.8 Å². The van der Waals surface area contributed by atoms with Crippen LogP contribution >= 0.6 is 15.9 Å². The van der Waals surface area contributed by atoms with Crippen LogP contribution in [0.3, 0.4) is 0 Å². The van der Waals surface area contributed by atoms with E-state index in [2.05, 4.69) is 20.9 Å². The topological polar surface area (TPSA) is 84.4 Å². The van der Waals surface area contributed by atoms with Gasteiger partial charge in [0.25, 0.3) is 5.91 Å². The molecule has 1 saturated heterocycles. The van der Waals surface area contributed by atoms with E-state index in [1.807, 2.05) is 24.3 Å². The molecule has 1 atom stereocenters. The third-order valence-electron chi connectivity index (χ3n) is 5.13. The highest BCUT2D eigenvalue weighted by atomic mass is 79.9. The van der Waals surface area contributed by atoms with Crippen molar-refractivity contribution in [1.82, 2.24) is 14.5 Å². The minimum absolute atomic E-state index is 0.132. The molecule has 1 aliphatic rings. The molecule has 7 nitrogen and oxygen atoms in total. The van der Waals surface area contributed by atoms with Crippen LogP contribution in [-0.4, -0.2) is 40.1 Å². The van der Waals surface area contributed by atoms with E-state index in [-0.39, 0.29) is 12.0 Å². The van der Waals surface area contributed by atoms with Gasteiger partial charge >= 0.3 is 11.1 Å². The van der Waals surface area contributed by atoms with E-state index < -0.39 is 11.1 Å². The zero-order valence-corrected chi connectivity index (χ0v) is 17.4. The molecule has 0 aliphatic carbocycles. The van der Waals surface area contributed by atoms with Gasteiger partial charge in [0.1, 0.15) is 6.10 Å². The number of aromatic amines is 1. The summed E-state index contributed by atoms with van der Waals surface area (Å²) in [4.78, 5) is 41.3. The second-order valence-corrected chi connectivity index (χ2v) is 7.81. The Labute approximate surface area is 175 Å². The van der Waals surface area contributed by atoms with E-state index in [4.69, 9.17) is 4.74 Å². The normalized spacial score (nSPS) is 16.9. The molecule has 2 aromatic carbocycles. The number of morpholine rings is 1. The Balaban J connectivity index is 1.62. The first-order valence-electron chi connectivity index (χ1n) is 9.41. The van der Waals surface area contributed by atoms with E-state index in [0.29, 0.717) is 42.8 Å². The minimum atomic E-state index is -0.689. The molecular formula is C21H20BrN3O4. The minimum Gasteiger partial charge on any atom is -0.370 e. The smallest absolute Gasteiger partial charge is 0.316 e. The summed E-state index contributed by atoms with van der Waals surface area (Å²) in [5, 5.41) is 0. The number of aryl methyl sites for hydroxylation is 1. The fraction of sp³-hybridized carbons (Fsp3) is 0.286. The van der Waals surface area contributed by atoms with Crippen LogP contribution in [-0.2, 0) is 11.3 Å². The van der Waals surface area contributed by atoms with E-state index in [9.17, 15) is 14.4 Å². The average molecular weight is 458 g/mol. The number of ether oxygens (including phenoxy) is 1. The molecular weight excluding hydrogens is 438 g/mol. The summed E-state index contributed by atoms with van der Waals surface area (Å²) < 4.78 is 8.25. The molecule has 1 unspecified atom stereocenters. The number of nitrogens with zero attached hydrogens (tertiary/aromatic N) is 2. The van der Waals surface area contributed by atoms with Crippen LogP contribution in [0.1, 0.15) is 28.9 Å². The first-order valence-corrected chi connectivity index (χ1v) is 10.2. The summed E-state index contributed by atoms with van der Waals surface area (Å²) in [5.74, 6) is -0.132. The molecule has 150 valence electrons. The first kappa shape index (κ1) is 19.6. The lowest BCUT2D eigenvalue weighted by atomic mass is 10.1. The standard InChI is InChI=1S/C21H20BrN3O4/c1-2-25-17-8-5-14(11-16(17)23-19(26)21(25)28)20(27)24-9-10-29-18(12-24)13-3-6-15(22)7-4-13/h3-8,11,18H,2,9-10,12H2,1H3,(H,23,26). The van der Waals surface area contributed by atoms with Gasteiger partial charge in [0, 0.05) is 23.1 Å². The van der Waals surface area contributed by atoms with Gasteiger partial charge in [0.2, 0.25) is 0 Å². The molecule has 1 aliphatic heterocycles. The van der Waals surface area contributed by atoms with Crippen molar-refractivity contribution in [2.45, 2.75) is 19.6 Å². The summed E-state index contributed by atoms with van der Waals surface area (Å²) >= 11 is 3.42. The summed E-state index contributed by atoms with van der Waals surface area (Å²) in [6.45, 7) is 3.57. The molecule has 0 spiro atoms. The molecule has 3 aromatic rings. The van der Waals surface area contributed by atoms with Crippen molar-refractivity contribution in [1.29, 1.82) is 0 Å². The molecule has 0 saturated carbocycles. The predicted octanol–water partition coefficient (Wildman–Crippen LogP) is 2.69. The summed E-state index contributed by atoms with van der Waals surface area (Å²) in [7, 11) is 0. The molecule has 29 heavy (non-hydrogen) atoms. The highest BCUT2D eigenvalue weighted by Gasteiger charge is 2.26. The Kier molecular flexibility index (Phi) is 5.38. The van der Waals surface area contributed by atoms with E-state index in [0.717, 1.165) is 10.0 Å². The van der Waals surface area contributed by atoms with Crippen LogP contribution in [0.2, 0.25) is 0 Å². The molecule has 4 rings (SSSR count). The number of rotatable bonds is 3. The Morgan fingerprint density at radius 2 is 1.97 bits per heavy atom. The zero-order valence-electron chi connectivity index (χ0n) is 15.9. The average Bonchev–Trinajstić information content (AvgIpc) is 2.74. The van der Waals surface area contributed by atoms with Crippen molar-refractivity contribution in [3.8, 4) is 0 Å². The number of hydrogen-bond acceptors (Lipinski definition) is 4. The van der Waals surface area contributed by atoms with Crippen LogP contribution < -0.4 is 11.1 Å². The maximum absolute atomic E-state index is 13.1. The molecule has 1 amide bonds. The SMILES string of the molecule is CCn1c(=O)c(=O)[nH]c2cc(C(=O)N3CCOC(c4ccc(Br)cc4)C3)ccc21. The van der Waals surface area contributed by atoms with Crippen molar-refractivity contribution in [3.63, 3.8) is 0 Å². The van der Waals surface area contributed by atoms with Crippen molar-refractivity contribution in [3.05, 3.63) is 78.8 Å². The van der Waals surface area contributed by atoms with Gasteiger partial charge in [0.05, 0.1) is 24.2 Å². The Morgan fingerprint density at radius 1 is 1.21 bits per heavy atom. The third kappa shape index (κ3) is 3.77. The van der Waals surface area contributed by atoms with Gasteiger partial charge in [-0.15, -0.1) is 0 Å². The van der Waals surface area contributed by atoms with Gasteiger partial charge in [-0.2, -0.15) is 0 Å². The van der Waals surface area contributed by atoms with Gasteiger partial charge in [-0.1, -0.05) is 28.1 Å². The molecule has 0 bridgehead atoms. The van der Waals surface area contributed by atoms with Gasteiger partial charge in [-0.3, -0.25) is 14.4 Å². The third-order valence-corrected chi connectivity index (χ3v) is 5.66. The van der Waals surface area contributed by atoms with E-state index in [1.165, 1.54) is 4.57 Å². The molecule has 8 heteroatoms. The number of hydrogen-bond donors (Lipinski definition) is 1. The maximum Gasteiger partial charge on any atom is 0.316 e. The molecule has 2 heterocycles. The lowest BCUT2D eigenvalue weighted by Crippen LogP contribution is -2.42. The lowest BCUT2D eigenvalue weighted by molar-refractivity contribution is -0.0228. The van der Waals surface area contributed by atoms with Gasteiger partial charge in [0.15, 0.2) is 0 Å². The van der Waals surface area contributed by atoms with Crippen LogP contribution in [0.15, 0.2) is 56.5 Å². The summed E-state index contributed by atoms with van der Waals surface area (Å²) in [6, 6.07) is 12.9. The Hall–Kier alpha value is -2.71. The molecule has 1 N–H and O–H groups in total. The highest BCUT2D eigenvalue weighted by Crippen LogP contribution is 2.25. The largest absolute Gasteiger partial charge is 0.370 e. The van der Waals surface area contributed by atoms with Gasteiger partial charge in [-0.25, -0.2) is 0 Å². The monoisotopic (exact) mass is 457 g/mol. The Morgan fingerprint density at radius 3 is 2.69 bits per heavy atom. The van der Waals surface area contributed by atoms with Crippen molar-refractivity contribution >= 4 is 32.9 Å². The molecule has 1 fully saturated rings. The predicted molar refractivity (Wildman–Crippen MR) is 113 cm³/mol. The summed E-state index contributed by atoms with van der Waals surface area (Å²) in [6.07, 6.45) is -0.189. The lowest BCUT2D eigenvalue weighted by Gasteiger charge is -2.33. The van der Waals surface area contributed by atoms with Crippen molar-refractivity contribution < 1.29 is 9.53 Å². The fourth-order valence-electron chi connectivity index (χ4n) is 3.62. The fourth-order valence-corrected chi connectivity index (χ4v) is 3.89. The molecule has 1 aromatic heterocycles. The Bertz CT molecular complexity index is 1180. The quantitative estimate of drug-likeness (QED) is 0.612. The number of benzene rings is 2. The van der Waals surface area contributed by atoms with E-state index in [1.54, 1.807) is 30.0 Å². The highest BCUT2D eigenvalue weighted by molar-refractivity contribution is 9.10. The van der Waals surface area contributed by atoms with Crippen LogP contribution in [0, 0.1) is 0 Å². The second kappa shape index (κ2) is 7.96. The number of H-pyrrole nitrogens is 1. The first-order chi connectivity index (χ1) is 14.0. The number of fused-ring (bicyclic) bond motifs is 1. The number of amides is 1. The maximum atomic E-state index is 13.1. The number of aromatic nitrogens is 2.